The minimum Gasteiger partial charge on any atom is -0.454 e. The van der Waals surface area contributed by atoms with Crippen molar-refractivity contribution in [2.24, 2.45) is 5.92 Å². The fourth-order valence-electron chi connectivity index (χ4n) is 3.34. The van der Waals surface area contributed by atoms with Gasteiger partial charge in [-0.05, 0) is 26.3 Å². The second-order valence-corrected chi connectivity index (χ2v) is 7.12. The third kappa shape index (κ3) is 3.29. The van der Waals surface area contributed by atoms with E-state index in [-0.39, 0.29) is 17.4 Å². The van der Waals surface area contributed by atoms with Crippen molar-refractivity contribution in [3.63, 3.8) is 0 Å². The number of hydrogen-bond donors (Lipinski definition) is 0. The molecule has 1 fully saturated rings. The minimum absolute atomic E-state index is 0.146. The number of esters is 1. The number of hydrogen-bond acceptors (Lipinski definition) is 3. The molecule has 0 aliphatic carbocycles. The van der Waals surface area contributed by atoms with E-state index in [0.717, 1.165) is 25.1 Å². The van der Waals surface area contributed by atoms with Gasteiger partial charge in [-0.15, -0.1) is 0 Å². The largest absolute Gasteiger partial charge is 0.454 e. The summed E-state index contributed by atoms with van der Waals surface area (Å²) in [6, 6.07) is 10.2. The maximum Gasteiger partial charge on any atom is 0.303 e. The Bertz CT molecular complexity index is 492. The summed E-state index contributed by atoms with van der Waals surface area (Å²) in [5.74, 6) is 0.0617. The molecule has 0 amide bonds. The monoisotopic (exact) mass is 289 g/mol. The van der Waals surface area contributed by atoms with E-state index in [1.165, 1.54) is 6.92 Å². The third-order valence-corrected chi connectivity index (χ3v) is 4.58. The van der Waals surface area contributed by atoms with Gasteiger partial charge in [-0.2, -0.15) is 0 Å². The quantitative estimate of drug-likeness (QED) is 0.779. The summed E-state index contributed by atoms with van der Waals surface area (Å²) in [6.07, 6.45) is 0.842. The summed E-state index contributed by atoms with van der Waals surface area (Å²) in [5, 5.41) is 0. The van der Waals surface area contributed by atoms with Crippen molar-refractivity contribution >= 4 is 5.97 Å². The van der Waals surface area contributed by atoms with Gasteiger partial charge in [0.25, 0.3) is 0 Å². The highest BCUT2D eigenvalue weighted by Crippen LogP contribution is 2.42. The summed E-state index contributed by atoms with van der Waals surface area (Å²) < 4.78 is 5.87. The van der Waals surface area contributed by atoms with Crippen molar-refractivity contribution in [1.82, 2.24) is 4.90 Å². The van der Waals surface area contributed by atoms with Crippen molar-refractivity contribution in [3.8, 4) is 0 Å². The van der Waals surface area contributed by atoms with Crippen LogP contribution in [-0.2, 0) is 15.1 Å². The number of carbonyl (C=O) groups is 1. The van der Waals surface area contributed by atoms with Crippen molar-refractivity contribution < 1.29 is 9.53 Å². The van der Waals surface area contributed by atoms with Crippen LogP contribution in [0.2, 0.25) is 0 Å². The normalized spacial score (nSPS) is 27.4. The van der Waals surface area contributed by atoms with Gasteiger partial charge in [0.05, 0.1) is 0 Å². The van der Waals surface area contributed by atoms with Crippen molar-refractivity contribution in [2.45, 2.75) is 52.2 Å². The Balaban J connectivity index is 2.33. The van der Waals surface area contributed by atoms with E-state index in [1.807, 2.05) is 18.2 Å². The lowest BCUT2D eigenvalue weighted by Gasteiger charge is -2.49. The highest BCUT2D eigenvalue weighted by molar-refractivity contribution is 5.67. The molecule has 1 aromatic rings. The Morgan fingerprint density at radius 2 is 1.90 bits per heavy atom. The van der Waals surface area contributed by atoms with Crippen LogP contribution in [0.15, 0.2) is 30.3 Å². The summed E-state index contributed by atoms with van der Waals surface area (Å²) in [4.78, 5) is 14.2. The lowest BCUT2D eigenvalue weighted by atomic mass is 9.75. The average molecular weight is 289 g/mol. The first-order valence-corrected chi connectivity index (χ1v) is 7.76. The molecule has 116 valence electrons. The molecule has 0 N–H and O–H groups in total. The second kappa shape index (κ2) is 5.80. The van der Waals surface area contributed by atoms with E-state index >= 15 is 0 Å². The zero-order valence-corrected chi connectivity index (χ0v) is 13.8. The Kier molecular flexibility index (Phi) is 4.43. The molecule has 3 nitrogen and oxygen atoms in total. The molecule has 2 rings (SSSR count). The molecule has 1 aliphatic rings. The van der Waals surface area contributed by atoms with Crippen LogP contribution in [0.4, 0.5) is 0 Å². The second-order valence-electron chi connectivity index (χ2n) is 7.12. The Hall–Kier alpha value is -1.35. The number of piperidine rings is 1. The zero-order chi connectivity index (χ0) is 15.7. The maximum absolute atomic E-state index is 11.7. The van der Waals surface area contributed by atoms with E-state index in [0.29, 0.717) is 0 Å². The van der Waals surface area contributed by atoms with E-state index in [4.69, 9.17) is 4.74 Å². The molecule has 2 unspecified atom stereocenters. The van der Waals surface area contributed by atoms with Crippen LogP contribution in [0.3, 0.4) is 0 Å². The number of benzene rings is 1. The van der Waals surface area contributed by atoms with Crippen LogP contribution in [0.1, 0.15) is 46.6 Å². The first-order valence-electron chi connectivity index (χ1n) is 7.76. The number of carbonyl (C=O) groups excluding carboxylic acids is 1. The number of rotatable bonds is 2. The van der Waals surface area contributed by atoms with E-state index in [2.05, 4.69) is 44.7 Å². The fraction of sp³-hybridized carbons (Fsp3) is 0.611. The van der Waals surface area contributed by atoms with Crippen LogP contribution in [0.5, 0.6) is 0 Å². The molecule has 0 spiro atoms. The fourth-order valence-corrected chi connectivity index (χ4v) is 3.34. The zero-order valence-electron chi connectivity index (χ0n) is 13.8. The molecular weight excluding hydrogens is 262 g/mol. The summed E-state index contributed by atoms with van der Waals surface area (Å²) in [7, 11) is 0. The summed E-state index contributed by atoms with van der Waals surface area (Å²) in [5.41, 5.74) is 0.767. The molecular formula is C18H27NO2. The molecule has 3 heteroatoms. The van der Waals surface area contributed by atoms with Crippen LogP contribution in [0, 0.1) is 5.92 Å². The van der Waals surface area contributed by atoms with E-state index < -0.39 is 5.60 Å². The van der Waals surface area contributed by atoms with Crippen LogP contribution in [0.25, 0.3) is 0 Å². The van der Waals surface area contributed by atoms with Gasteiger partial charge in [-0.25, -0.2) is 0 Å². The minimum atomic E-state index is -0.491. The number of likely N-dealkylation sites (tertiary alicyclic amines) is 1. The van der Waals surface area contributed by atoms with Gasteiger partial charge in [0, 0.05) is 37.9 Å². The Labute approximate surface area is 128 Å². The molecule has 0 aromatic heterocycles. The van der Waals surface area contributed by atoms with E-state index in [1.54, 1.807) is 0 Å². The van der Waals surface area contributed by atoms with Crippen LogP contribution in [-0.4, -0.2) is 29.5 Å². The van der Waals surface area contributed by atoms with Gasteiger partial charge < -0.3 is 4.74 Å². The van der Waals surface area contributed by atoms with Gasteiger partial charge in [0.1, 0.15) is 5.60 Å². The standard InChI is InChI=1S/C18H27NO2/c1-14-13-19(17(3,4)5)12-11-18(14,21-15(2)20)16-9-7-6-8-10-16/h6-10,14H,11-13H2,1-5H3. The number of ether oxygens (including phenoxy) is 1. The summed E-state index contributed by atoms with van der Waals surface area (Å²) in [6.45, 7) is 12.3. The molecule has 1 aromatic carbocycles. The molecule has 0 saturated carbocycles. The molecule has 0 radical (unpaired) electrons. The first-order chi connectivity index (χ1) is 9.75. The lowest BCUT2D eigenvalue weighted by molar-refractivity contribution is -0.175. The first kappa shape index (κ1) is 16.0. The molecule has 0 bridgehead atoms. The van der Waals surface area contributed by atoms with Crippen molar-refractivity contribution in [2.75, 3.05) is 13.1 Å². The Morgan fingerprint density at radius 1 is 1.29 bits per heavy atom. The highest BCUT2D eigenvalue weighted by Gasteiger charge is 2.46. The van der Waals surface area contributed by atoms with Crippen molar-refractivity contribution in [1.29, 1.82) is 0 Å². The van der Waals surface area contributed by atoms with Crippen LogP contribution >= 0.6 is 0 Å². The van der Waals surface area contributed by atoms with Crippen molar-refractivity contribution in [3.05, 3.63) is 35.9 Å². The molecule has 2 atom stereocenters. The van der Waals surface area contributed by atoms with Gasteiger partial charge >= 0.3 is 5.97 Å². The third-order valence-electron chi connectivity index (χ3n) is 4.58. The maximum atomic E-state index is 11.7. The molecule has 1 saturated heterocycles. The van der Waals surface area contributed by atoms with Crippen LogP contribution < -0.4 is 0 Å². The smallest absolute Gasteiger partial charge is 0.303 e. The highest BCUT2D eigenvalue weighted by atomic mass is 16.6. The topological polar surface area (TPSA) is 29.5 Å². The van der Waals surface area contributed by atoms with E-state index in [9.17, 15) is 4.79 Å². The molecule has 21 heavy (non-hydrogen) atoms. The predicted molar refractivity (Wildman–Crippen MR) is 85.0 cm³/mol. The SMILES string of the molecule is CC(=O)OC1(c2ccccc2)CCN(C(C)(C)C)CC1C. The molecule has 1 aliphatic heterocycles. The van der Waals surface area contributed by atoms with Gasteiger partial charge in [0.15, 0.2) is 0 Å². The average Bonchev–Trinajstić information content (AvgIpc) is 2.40. The lowest BCUT2D eigenvalue weighted by Crippen LogP contribution is -2.55. The van der Waals surface area contributed by atoms with Gasteiger partial charge in [-0.3, -0.25) is 9.69 Å². The predicted octanol–water partition coefficient (Wildman–Crippen LogP) is 3.59. The summed E-state index contributed by atoms with van der Waals surface area (Å²) >= 11 is 0. The number of nitrogens with zero attached hydrogens (tertiary/aromatic N) is 1. The van der Waals surface area contributed by atoms with Gasteiger partial charge in [0.2, 0.25) is 0 Å². The van der Waals surface area contributed by atoms with Gasteiger partial charge in [-0.1, -0.05) is 37.3 Å². The molecule has 1 heterocycles. The Morgan fingerprint density at radius 3 is 2.38 bits per heavy atom.